The van der Waals surface area contributed by atoms with Gasteiger partial charge >= 0.3 is 5.97 Å². The van der Waals surface area contributed by atoms with Crippen molar-refractivity contribution in [1.82, 2.24) is 9.88 Å². The first-order valence-electron chi connectivity index (χ1n) is 9.44. The molecule has 7 nitrogen and oxygen atoms in total. The van der Waals surface area contributed by atoms with Crippen molar-refractivity contribution in [2.24, 2.45) is 0 Å². The third kappa shape index (κ3) is 4.74. The molecule has 3 aromatic rings. The maximum atomic E-state index is 13.3. The molecule has 0 aliphatic rings. The van der Waals surface area contributed by atoms with E-state index < -0.39 is 0 Å². The summed E-state index contributed by atoms with van der Waals surface area (Å²) in [6, 6.07) is 9.10. The number of pyridine rings is 1. The van der Waals surface area contributed by atoms with Crippen LogP contribution in [0.2, 0.25) is 0 Å². The van der Waals surface area contributed by atoms with Crippen LogP contribution in [0, 0.1) is 6.92 Å². The van der Waals surface area contributed by atoms with Crippen LogP contribution in [-0.4, -0.2) is 42.0 Å². The van der Waals surface area contributed by atoms with Crippen LogP contribution in [0.15, 0.2) is 47.1 Å². The number of furan rings is 1. The van der Waals surface area contributed by atoms with Gasteiger partial charge in [-0.3, -0.25) is 14.6 Å². The summed E-state index contributed by atoms with van der Waals surface area (Å²) in [5.41, 5.74) is 2.20. The van der Waals surface area contributed by atoms with Crippen molar-refractivity contribution < 1.29 is 23.5 Å². The molecule has 0 bridgehead atoms. The molecule has 0 N–H and O–H groups in total. The Morgan fingerprint density at radius 2 is 2.07 bits per heavy atom. The molecule has 2 aromatic heterocycles. The normalized spacial score (nSPS) is 10.7. The minimum absolute atomic E-state index is 0.104. The molecule has 3 rings (SSSR count). The lowest BCUT2D eigenvalue weighted by atomic mass is 10.1. The Kier molecular flexibility index (Phi) is 6.49. The molecule has 0 radical (unpaired) electrons. The average Bonchev–Trinajstić information content (AvgIpc) is 3.07. The number of methoxy groups -OCH3 is 1. The minimum Gasteiger partial charge on any atom is -0.497 e. The number of nitrogens with zero attached hydrogens (tertiary/aromatic N) is 2. The zero-order valence-electron chi connectivity index (χ0n) is 16.8. The number of rotatable bonds is 8. The summed E-state index contributed by atoms with van der Waals surface area (Å²) in [5, 5.41) is 0.819. The Morgan fingerprint density at radius 1 is 1.24 bits per heavy atom. The number of benzene rings is 1. The summed E-state index contributed by atoms with van der Waals surface area (Å²) in [6.07, 6.45) is 3.47. The molecule has 7 heteroatoms. The third-order valence-electron chi connectivity index (χ3n) is 4.61. The van der Waals surface area contributed by atoms with Crippen LogP contribution in [0.25, 0.3) is 11.0 Å². The SMILES string of the molecule is CCOC(=O)CCN(Cc1cccnc1)C(=O)c1oc2ccc(OC)cc2c1C. The van der Waals surface area contributed by atoms with Crippen LogP contribution < -0.4 is 4.74 Å². The first-order valence-corrected chi connectivity index (χ1v) is 9.44. The van der Waals surface area contributed by atoms with Gasteiger partial charge in [-0.2, -0.15) is 0 Å². The van der Waals surface area contributed by atoms with E-state index in [0.29, 0.717) is 24.5 Å². The summed E-state index contributed by atoms with van der Waals surface area (Å²) >= 11 is 0. The summed E-state index contributed by atoms with van der Waals surface area (Å²) in [6.45, 7) is 4.42. The monoisotopic (exact) mass is 396 g/mol. The van der Waals surface area contributed by atoms with E-state index in [1.54, 1.807) is 43.5 Å². The highest BCUT2D eigenvalue weighted by Gasteiger charge is 2.24. The van der Waals surface area contributed by atoms with Crippen molar-refractivity contribution in [3.05, 3.63) is 59.6 Å². The van der Waals surface area contributed by atoms with Crippen LogP contribution in [0.1, 0.15) is 35.0 Å². The predicted molar refractivity (Wildman–Crippen MR) is 108 cm³/mol. The molecular weight excluding hydrogens is 372 g/mol. The molecular formula is C22H24N2O5. The molecule has 152 valence electrons. The Hall–Kier alpha value is -3.35. The lowest BCUT2D eigenvalue weighted by Gasteiger charge is -2.21. The zero-order valence-corrected chi connectivity index (χ0v) is 16.8. The van der Waals surface area contributed by atoms with Crippen LogP contribution in [0.5, 0.6) is 5.75 Å². The number of aryl methyl sites for hydroxylation is 1. The molecule has 0 saturated heterocycles. The van der Waals surface area contributed by atoms with Crippen LogP contribution in [0.4, 0.5) is 0 Å². The number of fused-ring (bicyclic) bond motifs is 1. The van der Waals surface area contributed by atoms with Crippen molar-refractivity contribution in [2.75, 3.05) is 20.3 Å². The first kappa shape index (κ1) is 20.4. The molecule has 29 heavy (non-hydrogen) atoms. The standard InChI is InChI=1S/C22H24N2O5/c1-4-28-20(25)9-11-24(14-16-6-5-10-23-13-16)22(26)21-15(2)18-12-17(27-3)7-8-19(18)29-21/h5-8,10,12-13H,4,9,11,14H2,1-3H3. The van der Waals surface area contributed by atoms with E-state index in [2.05, 4.69) is 4.98 Å². The Bertz CT molecular complexity index is 997. The number of carbonyl (C=O) groups excluding carboxylic acids is 2. The molecule has 0 aliphatic carbocycles. The van der Waals surface area contributed by atoms with Gasteiger partial charge in [-0.1, -0.05) is 6.07 Å². The van der Waals surface area contributed by atoms with Gasteiger partial charge in [0.05, 0.1) is 20.1 Å². The van der Waals surface area contributed by atoms with Gasteiger partial charge in [0.1, 0.15) is 11.3 Å². The van der Waals surface area contributed by atoms with E-state index in [4.69, 9.17) is 13.9 Å². The van der Waals surface area contributed by atoms with Gasteiger partial charge in [0.15, 0.2) is 5.76 Å². The second-order valence-corrected chi connectivity index (χ2v) is 6.56. The lowest BCUT2D eigenvalue weighted by molar-refractivity contribution is -0.143. The van der Waals surface area contributed by atoms with Crippen molar-refractivity contribution in [3.8, 4) is 5.75 Å². The fourth-order valence-corrected chi connectivity index (χ4v) is 3.10. The molecule has 0 unspecified atom stereocenters. The Morgan fingerprint density at radius 3 is 2.76 bits per heavy atom. The Balaban J connectivity index is 1.89. The maximum Gasteiger partial charge on any atom is 0.307 e. The van der Waals surface area contributed by atoms with Crippen molar-refractivity contribution >= 4 is 22.8 Å². The summed E-state index contributed by atoms with van der Waals surface area (Å²) in [4.78, 5) is 30.8. The molecule has 0 fully saturated rings. The van der Waals surface area contributed by atoms with E-state index in [9.17, 15) is 9.59 Å². The van der Waals surface area contributed by atoms with Gasteiger partial charge in [-0.15, -0.1) is 0 Å². The second kappa shape index (κ2) is 9.23. The van der Waals surface area contributed by atoms with E-state index >= 15 is 0 Å². The number of carbonyl (C=O) groups is 2. The van der Waals surface area contributed by atoms with Crippen LogP contribution in [0.3, 0.4) is 0 Å². The molecule has 0 atom stereocenters. The van der Waals surface area contributed by atoms with Crippen molar-refractivity contribution in [2.45, 2.75) is 26.8 Å². The topological polar surface area (TPSA) is 81.9 Å². The highest BCUT2D eigenvalue weighted by atomic mass is 16.5. The number of esters is 1. The number of ether oxygens (including phenoxy) is 2. The molecule has 2 heterocycles. The smallest absolute Gasteiger partial charge is 0.307 e. The summed E-state index contributed by atoms with van der Waals surface area (Å²) in [7, 11) is 1.59. The second-order valence-electron chi connectivity index (χ2n) is 6.56. The number of aromatic nitrogens is 1. The first-order chi connectivity index (χ1) is 14.0. The van der Waals surface area contributed by atoms with Gasteiger partial charge in [0.2, 0.25) is 0 Å². The molecule has 1 amide bonds. The zero-order chi connectivity index (χ0) is 20.8. The van der Waals surface area contributed by atoms with Crippen molar-refractivity contribution in [3.63, 3.8) is 0 Å². The molecule has 1 aromatic carbocycles. The van der Waals surface area contributed by atoms with Gasteiger partial charge in [0.25, 0.3) is 5.91 Å². The highest BCUT2D eigenvalue weighted by molar-refractivity contribution is 5.99. The van der Waals surface area contributed by atoms with E-state index in [0.717, 1.165) is 16.5 Å². The number of hydrogen-bond donors (Lipinski definition) is 0. The minimum atomic E-state index is -0.345. The van der Waals surface area contributed by atoms with Gasteiger partial charge in [0, 0.05) is 36.4 Å². The fraction of sp³-hybridized carbons (Fsp3) is 0.318. The summed E-state index contributed by atoms with van der Waals surface area (Å²) in [5.74, 6) is 0.310. The van der Waals surface area contributed by atoms with Crippen LogP contribution in [-0.2, 0) is 16.1 Å². The van der Waals surface area contributed by atoms with Gasteiger partial charge in [-0.25, -0.2) is 0 Å². The predicted octanol–water partition coefficient (Wildman–Crippen LogP) is 3.74. The van der Waals surface area contributed by atoms with E-state index in [-0.39, 0.29) is 30.6 Å². The molecule has 0 aliphatic heterocycles. The quantitative estimate of drug-likeness (QED) is 0.540. The number of hydrogen-bond acceptors (Lipinski definition) is 6. The van der Waals surface area contributed by atoms with Gasteiger partial charge < -0.3 is 18.8 Å². The fourth-order valence-electron chi connectivity index (χ4n) is 3.10. The van der Waals surface area contributed by atoms with E-state index in [1.165, 1.54) is 0 Å². The van der Waals surface area contributed by atoms with Gasteiger partial charge in [-0.05, 0) is 43.7 Å². The van der Waals surface area contributed by atoms with E-state index in [1.807, 2.05) is 25.1 Å². The average molecular weight is 396 g/mol. The third-order valence-corrected chi connectivity index (χ3v) is 4.61. The maximum absolute atomic E-state index is 13.3. The summed E-state index contributed by atoms with van der Waals surface area (Å²) < 4.78 is 16.1. The molecule has 0 spiro atoms. The Labute approximate surface area is 169 Å². The number of amides is 1. The lowest BCUT2D eigenvalue weighted by Crippen LogP contribution is -2.33. The highest BCUT2D eigenvalue weighted by Crippen LogP contribution is 2.29. The largest absolute Gasteiger partial charge is 0.497 e. The van der Waals surface area contributed by atoms with Crippen LogP contribution >= 0.6 is 0 Å². The molecule has 0 saturated carbocycles. The van der Waals surface area contributed by atoms with Crippen molar-refractivity contribution in [1.29, 1.82) is 0 Å².